The number of β-amino-alcohol motifs (C(OH)–C–C–N with tert-alkyl or cyclic N) is 1. The molecule has 1 aliphatic rings. The number of carbonyl (C=O) groups excluding carboxylic acids is 1. The monoisotopic (exact) mass is 340 g/mol. The number of benzene rings is 2. The lowest BCUT2D eigenvalue weighted by molar-refractivity contribution is -0.123. The second kappa shape index (κ2) is 8.65. The normalized spacial score (nSPS) is 17.9. The van der Waals surface area contributed by atoms with Crippen molar-refractivity contribution in [2.75, 3.05) is 19.6 Å². The molecule has 1 amide bonds. The molecule has 0 aromatic heterocycles. The van der Waals surface area contributed by atoms with Gasteiger partial charge in [0, 0.05) is 13.1 Å². The molecule has 5 nitrogen and oxygen atoms in total. The van der Waals surface area contributed by atoms with E-state index in [2.05, 4.69) is 5.32 Å². The Morgan fingerprint density at radius 3 is 2.76 bits per heavy atom. The maximum atomic E-state index is 12.1. The van der Waals surface area contributed by atoms with Gasteiger partial charge in [0.15, 0.2) is 0 Å². The first kappa shape index (κ1) is 17.5. The van der Waals surface area contributed by atoms with E-state index in [9.17, 15) is 9.90 Å². The average molecular weight is 340 g/mol. The molecule has 0 aliphatic carbocycles. The van der Waals surface area contributed by atoms with Crippen LogP contribution in [-0.2, 0) is 11.3 Å². The highest BCUT2D eigenvalue weighted by molar-refractivity contribution is 5.78. The van der Waals surface area contributed by atoms with Crippen molar-refractivity contribution in [1.82, 2.24) is 10.2 Å². The van der Waals surface area contributed by atoms with Crippen LogP contribution in [-0.4, -0.2) is 41.7 Å². The minimum absolute atomic E-state index is 0.0246. The SMILES string of the molecule is O=C(CN1CCC[C@@H](O)C1)NCc1cccc(Oc2ccccc2)c1. The van der Waals surface area contributed by atoms with Gasteiger partial charge < -0.3 is 15.2 Å². The van der Waals surface area contributed by atoms with Gasteiger partial charge in [-0.1, -0.05) is 30.3 Å². The summed E-state index contributed by atoms with van der Waals surface area (Å²) in [6, 6.07) is 17.3. The van der Waals surface area contributed by atoms with Crippen molar-refractivity contribution in [3.8, 4) is 11.5 Å². The molecule has 25 heavy (non-hydrogen) atoms. The lowest BCUT2D eigenvalue weighted by atomic mass is 10.1. The standard InChI is InChI=1S/C20H24N2O3/c23-17-7-5-11-22(14-17)15-20(24)21-13-16-6-4-10-19(12-16)25-18-8-2-1-3-9-18/h1-4,6,8-10,12,17,23H,5,7,11,13-15H2,(H,21,24)/t17-/m1/s1. The summed E-state index contributed by atoms with van der Waals surface area (Å²) in [7, 11) is 0. The Morgan fingerprint density at radius 2 is 1.96 bits per heavy atom. The molecule has 5 heteroatoms. The van der Waals surface area contributed by atoms with E-state index < -0.39 is 0 Å². The van der Waals surface area contributed by atoms with E-state index in [0.717, 1.165) is 36.4 Å². The number of likely N-dealkylation sites (tertiary alicyclic amines) is 1. The van der Waals surface area contributed by atoms with E-state index in [1.54, 1.807) is 0 Å². The summed E-state index contributed by atoms with van der Waals surface area (Å²) in [5.41, 5.74) is 0.987. The zero-order chi connectivity index (χ0) is 17.5. The number of nitrogens with zero attached hydrogens (tertiary/aromatic N) is 1. The Hall–Kier alpha value is -2.37. The van der Waals surface area contributed by atoms with Gasteiger partial charge in [0.2, 0.25) is 5.91 Å². The largest absolute Gasteiger partial charge is 0.457 e. The van der Waals surface area contributed by atoms with Crippen molar-refractivity contribution in [3.63, 3.8) is 0 Å². The number of para-hydroxylation sites is 1. The molecule has 0 bridgehead atoms. The number of nitrogens with one attached hydrogen (secondary N) is 1. The minimum Gasteiger partial charge on any atom is -0.457 e. The summed E-state index contributed by atoms with van der Waals surface area (Å²) in [5, 5.41) is 12.6. The number of rotatable bonds is 6. The molecule has 0 spiro atoms. The van der Waals surface area contributed by atoms with Crippen LogP contribution in [0.4, 0.5) is 0 Å². The summed E-state index contributed by atoms with van der Waals surface area (Å²) in [6.07, 6.45) is 1.45. The van der Waals surface area contributed by atoms with E-state index in [1.165, 1.54) is 0 Å². The molecule has 0 saturated carbocycles. The number of piperidine rings is 1. The summed E-state index contributed by atoms with van der Waals surface area (Å²) < 4.78 is 5.81. The third-order valence-electron chi connectivity index (χ3n) is 4.21. The molecule has 2 aromatic carbocycles. The van der Waals surface area contributed by atoms with Gasteiger partial charge in [-0.05, 0) is 49.2 Å². The van der Waals surface area contributed by atoms with Gasteiger partial charge in [-0.2, -0.15) is 0 Å². The van der Waals surface area contributed by atoms with E-state index in [-0.39, 0.29) is 12.0 Å². The van der Waals surface area contributed by atoms with E-state index in [1.807, 2.05) is 59.5 Å². The van der Waals surface area contributed by atoms with Crippen molar-refractivity contribution < 1.29 is 14.6 Å². The van der Waals surface area contributed by atoms with E-state index >= 15 is 0 Å². The molecule has 1 atom stereocenters. The van der Waals surface area contributed by atoms with Crippen molar-refractivity contribution >= 4 is 5.91 Å². The number of hydrogen-bond donors (Lipinski definition) is 2. The van der Waals surface area contributed by atoms with E-state index in [0.29, 0.717) is 19.6 Å². The Labute approximate surface area is 148 Å². The van der Waals surface area contributed by atoms with Gasteiger partial charge in [-0.3, -0.25) is 9.69 Å². The number of hydrogen-bond acceptors (Lipinski definition) is 4. The van der Waals surface area contributed by atoms with Crippen molar-refractivity contribution in [1.29, 1.82) is 0 Å². The van der Waals surface area contributed by atoms with Gasteiger partial charge >= 0.3 is 0 Å². The molecule has 0 unspecified atom stereocenters. The summed E-state index contributed by atoms with van der Waals surface area (Å²) >= 11 is 0. The first-order chi connectivity index (χ1) is 12.2. The zero-order valence-corrected chi connectivity index (χ0v) is 14.2. The van der Waals surface area contributed by atoms with Crippen LogP contribution < -0.4 is 10.1 Å². The van der Waals surface area contributed by atoms with Gasteiger partial charge in [0.1, 0.15) is 11.5 Å². The maximum absolute atomic E-state index is 12.1. The highest BCUT2D eigenvalue weighted by atomic mass is 16.5. The number of aliphatic hydroxyl groups is 1. The summed E-state index contributed by atoms with van der Waals surface area (Å²) in [5.74, 6) is 1.51. The molecule has 1 fully saturated rings. The van der Waals surface area contributed by atoms with Crippen LogP contribution in [0.3, 0.4) is 0 Å². The molecule has 3 rings (SSSR count). The number of amides is 1. The van der Waals surface area contributed by atoms with Crippen LogP contribution in [0.15, 0.2) is 54.6 Å². The zero-order valence-electron chi connectivity index (χ0n) is 14.2. The molecule has 1 heterocycles. The first-order valence-electron chi connectivity index (χ1n) is 8.68. The second-order valence-corrected chi connectivity index (χ2v) is 6.37. The fourth-order valence-corrected chi connectivity index (χ4v) is 2.98. The van der Waals surface area contributed by atoms with Crippen LogP contribution >= 0.6 is 0 Å². The van der Waals surface area contributed by atoms with Crippen LogP contribution in [0, 0.1) is 0 Å². The highest BCUT2D eigenvalue weighted by Gasteiger charge is 2.19. The third-order valence-corrected chi connectivity index (χ3v) is 4.21. The number of carbonyl (C=O) groups is 1. The maximum Gasteiger partial charge on any atom is 0.234 e. The first-order valence-corrected chi connectivity index (χ1v) is 8.68. The Balaban J connectivity index is 1.49. The van der Waals surface area contributed by atoms with E-state index in [4.69, 9.17) is 4.74 Å². The van der Waals surface area contributed by atoms with Gasteiger partial charge in [-0.25, -0.2) is 0 Å². The van der Waals surface area contributed by atoms with Gasteiger partial charge in [0.25, 0.3) is 0 Å². The average Bonchev–Trinajstić information content (AvgIpc) is 2.61. The van der Waals surface area contributed by atoms with Gasteiger partial charge in [-0.15, -0.1) is 0 Å². The molecule has 132 valence electrons. The molecule has 0 radical (unpaired) electrons. The molecule has 1 saturated heterocycles. The van der Waals surface area contributed by atoms with Crippen LogP contribution in [0.25, 0.3) is 0 Å². The Kier molecular flexibility index (Phi) is 6.04. The lowest BCUT2D eigenvalue weighted by Gasteiger charge is -2.29. The van der Waals surface area contributed by atoms with Crippen LogP contribution in [0.5, 0.6) is 11.5 Å². The molecular formula is C20H24N2O3. The molecular weight excluding hydrogens is 316 g/mol. The van der Waals surface area contributed by atoms with Crippen molar-refractivity contribution in [2.45, 2.75) is 25.5 Å². The topological polar surface area (TPSA) is 61.8 Å². The van der Waals surface area contributed by atoms with Gasteiger partial charge in [0.05, 0.1) is 12.6 Å². The summed E-state index contributed by atoms with van der Waals surface area (Å²) in [6.45, 7) is 2.23. The molecule has 2 N–H and O–H groups in total. The predicted octanol–water partition coefficient (Wildman–Crippen LogP) is 2.55. The van der Waals surface area contributed by atoms with Crippen molar-refractivity contribution in [3.05, 3.63) is 60.2 Å². The Morgan fingerprint density at radius 1 is 1.16 bits per heavy atom. The fraction of sp³-hybridized carbons (Fsp3) is 0.350. The highest BCUT2D eigenvalue weighted by Crippen LogP contribution is 2.21. The number of aliphatic hydroxyl groups excluding tert-OH is 1. The molecule has 2 aromatic rings. The molecule has 1 aliphatic heterocycles. The van der Waals surface area contributed by atoms with Crippen molar-refractivity contribution in [2.24, 2.45) is 0 Å². The van der Waals surface area contributed by atoms with Crippen LogP contribution in [0.2, 0.25) is 0 Å². The minimum atomic E-state index is -0.312. The predicted molar refractivity (Wildman–Crippen MR) is 96.5 cm³/mol. The number of ether oxygens (including phenoxy) is 1. The summed E-state index contributed by atoms with van der Waals surface area (Å²) in [4.78, 5) is 14.1. The fourth-order valence-electron chi connectivity index (χ4n) is 2.98. The quantitative estimate of drug-likeness (QED) is 0.848. The second-order valence-electron chi connectivity index (χ2n) is 6.37. The third kappa shape index (κ3) is 5.59. The smallest absolute Gasteiger partial charge is 0.234 e. The lowest BCUT2D eigenvalue weighted by Crippen LogP contribution is -2.44. The van der Waals surface area contributed by atoms with Crippen LogP contribution in [0.1, 0.15) is 18.4 Å². The Bertz CT molecular complexity index is 690.